The molecule has 0 saturated heterocycles. The zero-order chi connectivity index (χ0) is 18.7. The van der Waals surface area contributed by atoms with Crippen molar-refractivity contribution in [2.24, 2.45) is 0 Å². The van der Waals surface area contributed by atoms with Gasteiger partial charge in [-0.1, -0.05) is 12.1 Å². The van der Waals surface area contributed by atoms with Crippen LogP contribution in [0.3, 0.4) is 0 Å². The van der Waals surface area contributed by atoms with Crippen molar-refractivity contribution in [3.05, 3.63) is 53.1 Å². The second kappa shape index (κ2) is 7.49. The number of rotatable bonds is 4. The van der Waals surface area contributed by atoms with Crippen LogP contribution in [-0.2, 0) is 11.2 Å². The average molecular weight is 350 g/mol. The Kier molecular flexibility index (Phi) is 5.13. The fourth-order valence-corrected chi connectivity index (χ4v) is 3.35. The number of hydrogen-bond acceptors (Lipinski definition) is 4. The molecule has 0 aromatic heterocycles. The molecule has 5 nitrogen and oxygen atoms in total. The lowest BCUT2D eigenvalue weighted by atomic mass is 9.96. The van der Waals surface area contributed by atoms with Gasteiger partial charge in [0.1, 0.15) is 11.5 Å². The Morgan fingerprint density at radius 3 is 2.85 bits per heavy atom. The number of anilines is 1. The molecule has 0 radical (unpaired) electrons. The first-order valence-corrected chi connectivity index (χ1v) is 8.70. The molecule has 1 heterocycles. The minimum Gasteiger partial charge on any atom is -0.495 e. The minimum absolute atomic E-state index is 0.114. The second-order valence-corrected chi connectivity index (χ2v) is 6.41. The summed E-state index contributed by atoms with van der Waals surface area (Å²) in [5, 5.41) is 9.01. The zero-order valence-corrected chi connectivity index (χ0v) is 15.3. The van der Waals surface area contributed by atoms with E-state index in [0.29, 0.717) is 23.6 Å². The zero-order valence-electron chi connectivity index (χ0n) is 15.3. The van der Waals surface area contributed by atoms with E-state index in [9.17, 15) is 4.79 Å². The van der Waals surface area contributed by atoms with Gasteiger partial charge in [0.15, 0.2) is 6.10 Å². The highest BCUT2D eigenvalue weighted by Gasteiger charge is 2.30. The number of fused-ring (bicyclic) bond motifs is 1. The summed E-state index contributed by atoms with van der Waals surface area (Å²) in [7, 11) is 1.62. The van der Waals surface area contributed by atoms with Crippen molar-refractivity contribution in [2.75, 3.05) is 18.6 Å². The highest BCUT2D eigenvalue weighted by Crippen LogP contribution is 2.38. The molecule has 3 rings (SSSR count). The summed E-state index contributed by atoms with van der Waals surface area (Å²) in [6.07, 6.45) is 1.17. The van der Waals surface area contributed by atoms with Gasteiger partial charge in [0.05, 0.1) is 24.4 Å². The summed E-state index contributed by atoms with van der Waals surface area (Å²) in [5.41, 5.74) is 3.67. The molecule has 1 aliphatic rings. The molecule has 2 aromatic rings. The van der Waals surface area contributed by atoms with Gasteiger partial charge >= 0.3 is 0 Å². The third-order valence-electron chi connectivity index (χ3n) is 4.67. The van der Waals surface area contributed by atoms with E-state index in [1.54, 1.807) is 43.2 Å². The Bertz CT molecular complexity index is 870. The summed E-state index contributed by atoms with van der Waals surface area (Å²) in [6.45, 7) is 4.43. The first-order chi connectivity index (χ1) is 12.5. The highest BCUT2D eigenvalue weighted by molar-refractivity contribution is 5.99. The van der Waals surface area contributed by atoms with Crippen LogP contribution in [0, 0.1) is 18.3 Å². The number of benzene rings is 2. The normalized spacial score (nSPS) is 14.2. The monoisotopic (exact) mass is 350 g/mol. The average Bonchev–Trinajstić information content (AvgIpc) is 2.67. The Labute approximate surface area is 153 Å². The molecule has 1 amide bonds. The van der Waals surface area contributed by atoms with Gasteiger partial charge in [-0.25, -0.2) is 0 Å². The van der Waals surface area contributed by atoms with E-state index < -0.39 is 6.10 Å². The number of aryl methyl sites for hydroxylation is 1. The number of ether oxygens (including phenoxy) is 2. The Hall–Kier alpha value is -3.00. The Morgan fingerprint density at radius 1 is 1.31 bits per heavy atom. The molecular formula is C21H22N2O3. The van der Waals surface area contributed by atoms with Gasteiger partial charge in [0.2, 0.25) is 0 Å². The number of carbonyl (C=O) groups is 1. The number of hydrogen-bond donors (Lipinski definition) is 0. The molecule has 0 bridgehead atoms. The molecular weight excluding hydrogens is 328 g/mol. The van der Waals surface area contributed by atoms with Crippen molar-refractivity contribution in [3.8, 4) is 17.6 Å². The maximum atomic E-state index is 13.1. The number of nitrogens with zero attached hydrogens (tertiary/aromatic N) is 2. The summed E-state index contributed by atoms with van der Waals surface area (Å²) in [6, 6.07) is 12.8. The molecule has 1 aliphatic heterocycles. The lowest BCUT2D eigenvalue weighted by molar-refractivity contribution is -0.124. The van der Waals surface area contributed by atoms with E-state index in [1.807, 2.05) is 12.1 Å². The second-order valence-electron chi connectivity index (χ2n) is 6.41. The predicted molar refractivity (Wildman–Crippen MR) is 99.7 cm³/mol. The molecule has 0 aliphatic carbocycles. The molecule has 0 spiro atoms. The minimum atomic E-state index is -0.667. The maximum absolute atomic E-state index is 13.1. The van der Waals surface area contributed by atoms with Crippen LogP contribution in [0.1, 0.15) is 30.0 Å². The maximum Gasteiger partial charge on any atom is 0.267 e. The molecule has 26 heavy (non-hydrogen) atoms. The molecule has 0 fully saturated rings. The molecule has 0 saturated carbocycles. The van der Waals surface area contributed by atoms with Crippen LogP contribution in [0.2, 0.25) is 0 Å². The molecule has 1 unspecified atom stereocenters. The number of carbonyl (C=O) groups excluding carboxylic acids is 1. The van der Waals surface area contributed by atoms with Gasteiger partial charge in [0.25, 0.3) is 5.91 Å². The summed E-state index contributed by atoms with van der Waals surface area (Å²) in [5.74, 6) is 1.10. The quantitative estimate of drug-likeness (QED) is 0.845. The van der Waals surface area contributed by atoms with Crippen LogP contribution >= 0.6 is 0 Å². The van der Waals surface area contributed by atoms with Crippen LogP contribution in [0.4, 0.5) is 5.69 Å². The van der Waals surface area contributed by atoms with Crippen molar-refractivity contribution in [2.45, 2.75) is 32.8 Å². The van der Waals surface area contributed by atoms with E-state index in [4.69, 9.17) is 14.7 Å². The molecule has 2 aromatic carbocycles. The lowest BCUT2D eigenvalue weighted by Crippen LogP contribution is -2.43. The van der Waals surface area contributed by atoms with E-state index in [1.165, 1.54) is 0 Å². The van der Waals surface area contributed by atoms with E-state index >= 15 is 0 Å². The number of nitriles is 1. The SMILES string of the molecule is COc1ccc(C)c2c1N(C(=O)C(C)Oc1cccc(C#N)c1)CCC2. The highest BCUT2D eigenvalue weighted by atomic mass is 16.5. The van der Waals surface area contributed by atoms with Crippen molar-refractivity contribution in [1.82, 2.24) is 0 Å². The fourth-order valence-electron chi connectivity index (χ4n) is 3.35. The van der Waals surface area contributed by atoms with Crippen molar-refractivity contribution < 1.29 is 14.3 Å². The standard InChI is InChI=1S/C21H22N2O3/c1-14-9-10-19(25-3)20-18(14)8-5-11-23(20)21(24)15(2)26-17-7-4-6-16(12-17)13-22/h4,6-7,9-10,12,15H,5,8,11H2,1-3H3. The van der Waals surface area contributed by atoms with E-state index in [-0.39, 0.29) is 5.91 Å². The first kappa shape index (κ1) is 17.8. The van der Waals surface area contributed by atoms with Gasteiger partial charge in [-0.15, -0.1) is 0 Å². The van der Waals surface area contributed by atoms with Gasteiger partial charge in [-0.2, -0.15) is 5.26 Å². The van der Waals surface area contributed by atoms with E-state index in [2.05, 4.69) is 13.0 Å². The van der Waals surface area contributed by atoms with Crippen LogP contribution in [0.5, 0.6) is 11.5 Å². The molecule has 134 valence electrons. The third-order valence-corrected chi connectivity index (χ3v) is 4.67. The Morgan fingerprint density at radius 2 is 2.12 bits per heavy atom. The molecule has 5 heteroatoms. The lowest BCUT2D eigenvalue weighted by Gasteiger charge is -2.33. The van der Waals surface area contributed by atoms with Crippen LogP contribution in [0.15, 0.2) is 36.4 Å². The summed E-state index contributed by atoms with van der Waals surface area (Å²) < 4.78 is 11.3. The topological polar surface area (TPSA) is 62.6 Å². The van der Waals surface area contributed by atoms with Crippen molar-refractivity contribution >= 4 is 11.6 Å². The predicted octanol–water partition coefficient (Wildman–Crippen LogP) is 3.62. The number of amides is 1. The van der Waals surface area contributed by atoms with Gasteiger partial charge in [0, 0.05) is 6.54 Å². The summed E-state index contributed by atoms with van der Waals surface area (Å²) in [4.78, 5) is 14.8. The van der Waals surface area contributed by atoms with Crippen LogP contribution in [-0.4, -0.2) is 25.7 Å². The third kappa shape index (κ3) is 3.36. The van der Waals surface area contributed by atoms with Gasteiger partial charge < -0.3 is 14.4 Å². The van der Waals surface area contributed by atoms with E-state index in [0.717, 1.165) is 29.7 Å². The van der Waals surface area contributed by atoms with Gasteiger partial charge in [-0.3, -0.25) is 4.79 Å². The largest absolute Gasteiger partial charge is 0.495 e. The number of methoxy groups -OCH3 is 1. The van der Waals surface area contributed by atoms with Gasteiger partial charge in [-0.05, 0) is 62.1 Å². The fraction of sp³-hybridized carbons (Fsp3) is 0.333. The molecule has 1 atom stereocenters. The van der Waals surface area contributed by atoms with Crippen LogP contribution in [0.25, 0.3) is 0 Å². The van der Waals surface area contributed by atoms with Crippen molar-refractivity contribution in [1.29, 1.82) is 5.26 Å². The summed E-state index contributed by atoms with van der Waals surface area (Å²) >= 11 is 0. The van der Waals surface area contributed by atoms with Crippen molar-refractivity contribution in [3.63, 3.8) is 0 Å². The molecule has 0 N–H and O–H groups in total. The smallest absolute Gasteiger partial charge is 0.267 e. The van der Waals surface area contributed by atoms with Crippen LogP contribution < -0.4 is 14.4 Å². The Balaban J connectivity index is 1.87. The first-order valence-electron chi connectivity index (χ1n) is 8.70.